The molecule has 1 atom stereocenters. The Balaban J connectivity index is 1.76. The van der Waals surface area contributed by atoms with Gasteiger partial charge in [-0.3, -0.25) is 4.79 Å². The van der Waals surface area contributed by atoms with Crippen LogP contribution in [0.15, 0.2) is 42.5 Å². The third-order valence-corrected chi connectivity index (χ3v) is 7.98. The van der Waals surface area contributed by atoms with Crippen molar-refractivity contribution in [1.29, 1.82) is 0 Å². The van der Waals surface area contributed by atoms with Crippen LogP contribution in [0.4, 0.5) is 4.79 Å². The van der Waals surface area contributed by atoms with Crippen molar-refractivity contribution in [3.8, 4) is 0 Å². The maximum absolute atomic E-state index is 12.7. The number of carbonyl (C=O) groups is 2. The van der Waals surface area contributed by atoms with Gasteiger partial charge in [0.15, 0.2) is 6.29 Å². The number of ether oxygens (including phenoxy) is 5. The summed E-state index contributed by atoms with van der Waals surface area (Å²) >= 11 is 0. The molecular formula is C38H61NO7. The Morgan fingerprint density at radius 1 is 0.848 bits per heavy atom. The molecule has 46 heavy (non-hydrogen) atoms. The summed E-state index contributed by atoms with van der Waals surface area (Å²) in [6, 6.07) is 5.82. The van der Waals surface area contributed by atoms with Crippen LogP contribution in [0, 0.1) is 12.8 Å². The fraction of sp³-hybridized carbons (Fsp3) is 0.684. The van der Waals surface area contributed by atoms with Gasteiger partial charge in [0.2, 0.25) is 0 Å². The van der Waals surface area contributed by atoms with Crippen molar-refractivity contribution in [1.82, 2.24) is 4.90 Å². The molecule has 1 aromatic carbocycles. The van der Waals surface area contributed by atoms with Crippen molar-refractivity contribution >= 4 is 12.1 Å². The van der Waals surface area contributed by atoms with Gasteiger partial charge < -0.3 is 28.6 Å². The summed E-state index contributed by atoms with van der Waals surface area (Å²) in [6.45, 7) is 13.3. The van der Waals surface area contributed by atoms with E-state index in [1.807, 2.05) is 25.1 Å². The van der Waals surface area contributed by atoms with E-state index in [9.17, 15) is 9.59 Å². The van der Waals surface area contributed by atoms with Crippen LogP contribution in [0.25, 0.3) is 0 Å². The molecule has 1 saturated heterocycles. The maximum Gasteiger partial charge on any atom is 0.508 e. The number of rotatable bonds is 24. The highest BCUT2D eigenvalue weighted by Gasteiger charge is 2.20. The lowest BCUT2D eigenvalue weighted by Crippen LogP contribution is -2.37. The highest BCUT2D eigenvalue weighted by atomic mass is 16.7. The molecule has 2 rings (SSSR count). The second-order valence-corrected chi connectivity index (χ2v) is 12.3. The van der Waals surface area contributed by atoms with Crippen molar-refractivity contribution in [3.63, 3.8) is 0 Å². The summed E-state index contributed by atoms with van der Waals surface area (Å²) in [5.74, 6) is 0.0493. The molecule has 1 aliphatic rings. The average Bonchev–Trinajstić information content (AvgIpc) is 3.06. The van der Waals surface area contributed by atoms with Gasteiger partial charge in [-0.1, -0.05) is 88.5 Å². The number of likely N-dealkylation sites (tertiary alicyclic amines) is 1. The van der Waals surface area contributed by atoms with Gasteiger partial charge in [0.05, 0.1) is 26.2 Å². The first kappa shape index (κ1) is 39.5. The molecule has 1 unspecified atom stereocenters. The van der Waals surface area contributed by atoms with Gasteiger partial charge >= 0.3 is 12.1 Å². The smallest absolute Gasteiger partial charge is 0.461 e. The van der Waals surface area contributed by atoms with Crippen molar-refractivity contribution in [2.45, 2.75) is 124 Å². The maximum atomic E-state index is 12.7. The lowest BCUT2D eigenvalue weighted by atomic mass is 9.99. The molecule has 0 radical (unpaired) electrons. The van der Waals surface area contributed by atoms with E-state index in [0.29, 0.717) is 32.2 Å². The molecule has 0 aliphatic carbocycles. The van der Waals surface area contributed by atoms with Crippen molar-refractivity contribution in [3.05, 3.63) is 59.2 Å². The van der Waals surface area contributed by atoms with Gasteiger partial charge in [0.25, 0.3) is 0 Å². The minimum atomic E-state index is -0.651. The van der Waals surface area contributed by atoms with E-state index >= 15 is 0 Å². The van der Waals surface area contributed by atoms with Crippen LogP contribution in [-0.4, -0.2) is 62.8 Å². The van der Waals surface area contributed by atoms with E-state index in [0.717, 1.165) is 74.8 Å². The highest BCUT2D eigenvalue weighted by Crippen LogP contribution is 2.18. The van der Waals surface area contributed by atoms with Crippen molar-refractivity contribution in [2.24, 2.45) is 5.92 Å². The van der Waals surface area contributed by atoms with Crippen LogP contribution < -0.4 is 0 Å². The summed E-state index contributed by atoms with van der Waals surface area (Å²) in [7, 11) is 0. The molecule has 0 bridgehead atoms. The summed E-state index contributed by atoms with van der Waals surface area (Å²) in [6.07, 6.45) is 19.0. The van der Waals surface area contributed by atoms with Crippen LogP contribution in [0.5, 0.6) is 0 Å². The summed E-state index contributed by atoms with van der Waals surface area (Å²) in [4.78, 5) is 27.3. The zero-order valence-electron chi connectivity index (χ0n) is 29.1. The lowest BCUT2D eigenvalue weighted by Gasteiger charge is -2.31. The van der Waals surface area contributed by atoms with Crippen LogP contribution in [-0.2, 0) is 41.7 Å². The number of carbonyl (C=O) groups excluding carboxylic acids is 2. The van der Waals surface area contributed by atoms with E-state index in [1.54, 1.807) is 0 Å². The Morgan fingerprint density at radius 2 is 1.46 bits per heavy atom. The SMILES string of the molecule is CCCC/C=C\CCOC(CCC(=O)OCc1cc(C)cc(COC(=O)OCC2CCCN(CC)C2)c1)OCC/C=C\CCCC. The molecule has 0 saturated carbocycles. The molecule has 0 spiro atoms. The Labute approximate surface area is 278 Å². The zero-order valence-corrected chi connectivity index (χ0v) is 29.1. The Hall–Kier alpha value is -2.68. The van der Waals surface area contributed by atoms with Crippen LogP contribution >= 0.6 is 0 Å². The molecule has 0 aromatic heterocycles. The third kappa shape index (κ3) is 19.1. The number of esters is 1. The minimum Gasteiger partial charge on any atom is -0.461 e. The molecule has 8 nitrogen and oxygen atoms in total. The van der Waals surface area contributed by atoms with E-state index in [2.05, 4.69) is 50.0 Å². The Bertz CT molecular complexity index is 1000. The Kier molecular flexibility index (Phi) is 21.8. The predicted octanol–water partition coefficient (Wildman–Crippen LogP) is 8.84. The molecule has 260 valence electrons. The topological polar surface area (TPSA) is 83.5 Å². The number of piperidine rings is 1. The lowest BCUT2D eigenvalue weighted by molar-refractivity contribution is -0.158. The van der Waals surface area contributed by atoms with E-state index in [-0.39, 0.29) is 25.6 Å². The fourth-order valence-electron chi connectivity index (χ4n) is 5.40. The predicted molar refractivity (Wildman–Crippen MR) is 183 cm³/mol. The van der Waals surface area contributed by atoms with Crippen LogP contribution in [0.1, 0.15) is 115 Å². The number of hydrogen-bond acceptors (Lipinski definition) is 8. The quantitative estimate of drug-likeness (QED) is 0.0478. The molecular weight excluding hydrogens is 582 g/mol. The van der Waals surface area contributed by atoms with E-state index in [1.165, 1.54) is 25.7 Å². The molecule has 1 aliphatic heterocycles. The van der Waals surface area contributed by atoms with Gasteiger partial charge in [0, 0.05) is 18.9 Å². The molecule has 0 N–H and O–H groups in total. The van der Waals surface area contributed by atoms with Crippen molar-refractivity contribution in [2.75, 3.05) is 39.5 Å². The van der Waals surface area contributed by atoms with E-state index in [4.69, 9.17) is 23.7 Å². The molecule has 1 heterocycles. The van der Waals surface area contributed by atoms with Gasteiger partial charge in [-0.25, -0.2) is 4.79 Å². The number of nitrogens with zero attached hydrogens (tertiary/aromatic N) is 1. The first-order valence-electron chi connectivity index (χ1n) is 17.7. The first-order valence-corrected chi connectivity index (χ1v) is 17.7. The third-order valence-electron chi connectivity index (χ3n) is 7.98. The number of unbranched alkanes of at least 4 members (excludes halogenated alkanes) is 4. The van der Waals surface area contributed by atoms with E-state index < -0.39 is 12.4 Å². The second kappa shape index (κ2) is 25.4. The van der Waals surface area contributed by atoms with Gasteiger partial charge in [0.1, 0.15) is 13.2 Å². The van der Waals surface area contributed by atoms with Crippen molar-refractivity contribution < 1.29 is 33.3 Å². The summed E-state index contributed by atoms with van der Waals surface area (Å²) in [5, 5.41) is 0. The average molecular weight is 644 g/mol. The molecule has 8 heteroatoms. The molecule has 0 amide bonds. The summed E-state index contributed by atoms with van der Waals surface area (Å²) < 4.78 is 28.3. The minimum absolute atomic E-state index is 0.102. The second-order valence-electron chi connectivity index (χ2n) is 12.3. The fourth-order valence-corrected chi connectivity index (χ4v) is 5.40. The van der Waals surface area contributed by atoms with Gasteiger partial charge in [-0.2, -0.15) is 0 Å². The standard InChI is InChI=1S/C38H61NO7/c1-5-8-10-12-14-16-23-42-37(43-24-17-15-13-11-9-6-2)21-20-36(40)44-30-34-25-32(4)26-35(27-34)31-46-38(41)45-29-33-19-18-22-39(7-3)28-33/h12-15,25-27,33,37H,5-11,16-24,28-31H2,1-4H3/b14-12-,15-13-. The zero-order chi connectivity index (χ0) is 33.2. The molecule has 1 aromatic rings. The Morgan fingerprint density at radius 3 is 2.07 bits per heavy atom. The molecule has 1 fully saturated rings. The number of hydrogen-bond donors (Lipinski definition) is 0. The monoisotopic (exact) mass is 643 g/mol. The number of benzene rings is 1. The normalized spacial score (nSPS) is 15.6. The number of allylic oxidation sites excluding steroid dienone is 2. The highest BCUT2D eigenvalue weighted by molar-refractivity contribution is 5.69. The first-order chi connectivity index (χ1) is 22.4. The number of aryl methyl sites for hydroxylation is 1. The van der Waals surface area contributed by atoms with Gasteiger partial charge in [-0.15, -0.1) is 0 Å². The largest absolute Gasteiger partial charge is 0.508 e. The summed E-state index contributed by atoms with van der Waals surface area (Å²) in [5.41, 5.74) is 2.67. The van der Waals surface area contributed by atoms with Gasteiger partial charge in [-0.05, 0) is 75.7 Å². The van der Waals surface area contributed by atoms with Crippen LogP contribution in [0.2, 0.25) is 0 Å². The van der Waals surface area contributed by atoms with Crippen LogP contribution in [0.3, 0.4) is 0 Å².